The molecule has 1 aliphatic rings. The maximum atomic E-state index is 13.4. The molecule has 120 valence electrons. The lowest BCUT2D eigenvalue weighted by Gasteiger charge is -2.21. The van der Waals surface area contributed by atoms with Crippen LogP contribution in [0.25, 0.3) is 0 Å². The van der Waals surface area contributed by atoms with Gasteiger partial charge in [0, 0.05) is 18.4 Å². The first kappa shape index (κ1) is 17.3. The molecule has 3 heteroatoms. The van der Waals surface area contributed by atoms with Crippen LogP contribution in [0.3, 0.4) is 0 Å². The second-order valence-electron chi connectivity index (χ2n) is 6.92. The summed E-state index contributed by atoms with van der Waals surface area (Å²) in [5.74, 6) is 0.140. The average Bonchev–Trinajstić information content (AvgIpc) is 2.95. The Kier molecular flexibility index (Phi) is 5.22. The quantitative estimate of drug-likeness (QED) is 0.513. The van der Waals surface area contributed by atoms with Crippen LogP contribution in [0.4, 0.5) is 0 Å². The van der Waals surface area contributed by atoms with Crippen LogP contribution in [-0.4, -0.2) is 16.6 Å². The lowest BCUT2D eigenvalue weighted by atomic mass is 9.88. The summed E-state index contributed by atoms with van der Waals surface area (Å²) in [6.07, 6.45) is 4.49. The van der Waals surface area contributed by atoms with E-state index in [-0.39, 0.29) is 11.4 Å². The predicted molar refractivity (Wildman–Crippen MR) is 93.5 cm³/mol. The van der Waals surface area contributed by atoms with Crippen molar-refractivity contribution < 1.29 is 9.36 Å². The number of carbonyl (C=O) groups excluding carboxylic acids is 1. The number of Topliss-reactive ketones (excluding diaryl/α,β-unsaturated/α-hetero) is 1. The SMILES string of the molecule is CCC(C)[P+](=O)C1(C(=O)c2c(C)cc(C)cc2C)CCCC1. The summed E-state index contributed by atoms with van der Waals surface area (Å²) >= 11 is 0. The minimum absolute atomic E-state index is 0.114. The number of aryl methyl sites for hydroxylation is 3. The first-order valence-electron chi connectivity index (χ1n) is 8.42. The van der Waals surface area contributed by atoms with Crippen LogP contribution in [0.1, 0.15) is 73.0 Å². The van der Waals surface area contributed by atoms with Crippen molar-refractivity contribution in [2.45, 2.75) is 77.5 Å². The molecule has 0 heterocycles. The Balaban J connectivity index is 2.51. The van der Waals surface area contributed by atoms with Gasteiger partial charge in [0.2, 0.25) is 10.9 Å². The summed E-state index contributed by atoms with van der Waals surface area (Å²) in [5, 5.41) is -0.616. The highest BCUT2D eigenvalue weighted by atomic mass is 31.1. The van der Waals surface area contributed by atoms with E-state index in [9.17, 15) is 9.36 Å². The van der Waals surface area contributed by atoms with E-state index in [1.54, 1.807) is 0 Å². The monoisotopic (exact) mass is 319 g/mol. The number of hydrogen-bond donors (Lipinski definition) is 0. The standard InChI is InChI=1S/C19H28O2P/c1-6-16(5)22(21)19(9-7-8-10-19)18(20)17-14(3)11-13(2)12-15(17)4/h11-12,16H,6-10H2,1-5H3/q+1. The van der Waals surface area contributed by atoms with Crippen molar-refractivity contribution in [2.24, 2.45) is 0 Å². The van der Waals surface area contributed by atoms with Gasteiger partial charge in [0.25, 0.3) is 0 Å². The van der Waals surface area contributed by atoms with Crippen LogP contribution < -0.4 is 0 Å². The molecule has 2 rings (SSSR count). The molecule has 0 saturated heterocycles. The van der Waals surface area contributed by atoms with Gasteiger partial charge in [0.05, 0.1) is 0 Å². The van der Waals surface area contributed by atoms with E-state index in [0.29, 0.717) is 0 Å². The normalized spacial score (nSPS) is 19.0. The highest BCUT2D eigenvalue weighted by Gasteiger charge is 2.58. The molecule has 0 amide bonds. The Morgan fingerprint density at radius 1 is 1.18 bits per heavy atom. The number of hydrogen-bond acceptors (Lipinski definition) is 2. The van der Waals surface area contributed by atoms with Crippen LogP contribution in [0, 0.1) is 20.8 Å². The smallest absolute Gasteiger partial charge is 0.289 e. The van der Waals surface area contributed by atoms with Crippen molar-refractivity contribution in [1.29, 1.82) is 0 Å². The number of rotatable bonds is 5. The fourth-order valence-electron chi connectivity index (χ4n) is 3.87. The lowest BCUT2D eigenvalue weighted by Crippen LogP contribution is -2.35. The van der Waals surface area contributed by atoms with E-state index in [4.69, 9.17) is 0 Å². The molecule has 1 fully saturated rings. The summed E-state index contributed by atoms with van der Waals surface area (Å²) in [6.45, 7) is 10.2. The highest BCUT2D eigenvalue weighted by molar-refractivity contribution is 7.48. The molecule has 0 bridgehead atoms. The summed E-state index contributed by atoms with van der Waals surface area (Å²) in [7, 11) is -1.52. The van der Waals surface area contributed by atoms with Crippen LogP contribution in [0.5, 0.6) is 0 Å². The van der Waals surface area contributed by atoms with Crippen LogP contribution >= 0.6 is 7.80 Å². The molecule has 0 aromatic heterocycles. The van der Waals surface area contributed by atoms with E-state index < -0.39 is 13.0 Å². The fraction of sp³-hybridized carbons (Fsp3) is 0.632. The minimum Gasteiger partial charge on any atom is -0.289 e. The molecule has 22 heavy (non-hydrogen) atoms. The van der Waals surface area contributed by atoms with Crippen LogP contribution in [-0.2, 0) is 4.57 Å². The van der Waals surface area contributed by atoms with Crippen LogP contribution in [0.2, 0.25) is 0 Å². The Hall–Kier alpha value is -1.01. The van der Waals surface area contributed by atoms with Gasteiger partial charge in [-0.1, -0.05) is 29.2 Å². The van der Waals surface area contributed by atoms with E-state index in [1.807, 2.05) is 20.8 Å². The zero-order chi connectivity index (χ0) is 16.5. The third-order valence-electron chi connectivity index (χ3n) is 5.17. The topological polar surface area (TPSA) is 34.1 Å². The third-order valence-corrected chi connectivity index (χ3v) is 7.83. The van der Waals surface area contributed by atoms with Gasteiger partial charge in [-0.2, -0.15) is 0 Å². The second-order valence-corrected chi connectivity index (χ2v) is 9.31. The van der Waals surface area contributed by atoms with E-state index >= 15 is 0 Å². The first-order valence-corrected chi connectivity index (χ1v) is 9.75. The molecular formula is C19H28O2P+. The molecule has 2 nitrogen and oxygen atoms in total. The molecule has 0 aliphatic heterocycles. The molecule has 2 unspecified atom stereocenters. The average molecular weight is 319 g/mol. The van der Waals surface area contributed by atoms with Crippen LogP contribution in [0.15, 0.2) is 12.1 Å². The number of benzene rings is 1. The van der Waals surface area contributed by atoms with Gasteiger partial charge in [-0.15, -0.1) is 0 Å². The van der Waals surface area contributed by atoms with Crippen molar-refractivity contribution >= 4 is 13.6 Å². The zero-order valence-electron chi connectivity index (χ0n) is 14.5. The first-order chi connectivity index (χ1) is 10.3. The second kappa shape index (κ2) is 6.62. The van der Waals surface area contributed by atoms with Crippen molar-refractivity contribution in [1.82, 2.24) is 0 Å². The largest absolute Gasteiger partial charge is 0.356 e. The van der Waals surface area contributed by atoms with Gasteiger partial charge in [-0.25, -0.2) is 0 Å². The molecule has 1 aromatic carbocycles. The number of carbonyl (C=O) groups is 1. The van der Waals surface area contributed by atoms with Crippen molar-refractivity contribution in [3.05, 3.63) is 34.4 Å². The summed E-state index contributed by atoms with van der Waals surface area (Å²) in [4.78, 5) is 13.4. The number of ketones is 1. The molecule has 0 N–H and O–H groups in total. The van der Waals surface area contributed by atoms with E-state index in [1.165, 1.54) is 5.56 Å². The molecule has 0 spiro atoms. The highest BCUT2D eigenvalue weighted by Crippen LogP contribution is 2.55. The van der Waals surface area contributed by atoms with Gasteiger partial charge in [0.15, 0.2) is 5.66 Å². The van der Waals surface area contributed by atoms with E-state index in [2.05, 4.69) is 26.0 Å². The Labute approximate surface area is 135 Å². The Morgan fingerprint density at radius 3 is 2.14 bits per heavy atom. The minimum atomic E-state index is -1.52. The van der Waals surface area contributed by atoms with Crippen molar-refractivity contribution in [3.8, 4) is 0 Å². The van der Waals surface area contributed by atoms with Gasteiger partial charge < -0.3 is 0 Å². The molecule has 1 aromatic rings. The van der Waals surface area contributed by atoms with Crippen molar-refractivity contribution in [3.63, 3.8) is 0 Å². The molecule has 0 radical (unpaired) electrons. The molecular weight excluding hydrogens is 291 g/mol. The van der Waals surface area contributed by atoms with Gasteiger partial charge in [-0.05, 0) is 58.1 Å². The van der Waals surface area contributed by atoms with Gasteiger partial charge >= 0.3 is 7.80 Å². The molecule has 1 aliphatic carbocycles. The lowest BCUT2D eigenvalue weighted by molar-refractivity contribution is 0.0938. The van der Waals surface area contributed by atoms with Gasteiger partial charge in [-0.3, -0.25) is 4.79 Å². The van der Waals surface area contributed by atoms with E-state index in [0.717, 1.165) is 48.8 Å². The maximum Gasteiger partial charge on any atom is 0.356 e. The summed E-state index contributed by atoms with van der Waals surface area (Å²) < 4.78 is 13.1. The summed E-state index contributed by atoms with van der Waals surface area (Å²) in [6, 6.07) is 4.14. The van der Waals surface area contributed by atoms with Crippen molar-refractivity contribution in [2.75, 3.05) is 0 Å². The molecule has 2 atom stereocenters. The summed E-state index contributed by atoms with van der Waals surface area (Å²) in [5.41, 5.74) is 4.17. The Morgan fingerprint density at radius 2 is 1.68 bits per heavy atom. The predicted octanol–water partition coefficient (Wildman–Crippen LogP) is 5.73. The third kappa shape index (κ3) is 2.91. The Bertz CT molecular complexity index is 574. The molecule has 1 saturated carbocycles. The maximum absolute atomic E-state index is 13.4. The fourth-order valence-corrected chi connectivity index (χ4v) is 6.11. The zero-order valence-corrected chi connectivity index (χ0v) is 15.4. The van der Waals surface area contributed by atoms with Gasteiger partial charge in [0.1, 0.15) is 0 Å².